The van der Waals surface area contributed by atoms with Gasteiger partial charge in [-0.15, -0.1) is 5.10 Å². The van der Waals surface area contributed by atoms with Gasteiger partial charge in [0.1, 0.15) is 5.82 Å². The van der Waals surface area contributed by atoms with Gasteiger partial charge >= 0.3 is 0 Å². The second kappa shape index (κ2) is 6.67. The van der Waals surface area contributed by atoms with Gasteiger partial charge in [-0.25, -0.2) is 4.98 Å². The van der Waals surface area contributed by atoms with Crippen molar-refractivity contribution in [2.75, 3.05) is 13.1 Å². The Morgan fingerprint density at radius 1 is 1.12 bits per heavy atom. The van der Waals surface area contributed by atoms with Gasteiger partial charge in [0, 0.05) is 13.1 Å². The van der Waals surface area contributed by atoms with Crippen LogP contribution in [0.3, 0.4) is 0 Å². The molecule has 0 aliphatic carbocycles. The monoisotopic (exact) mass is 370 g/mol. The van der Waals surface area contributed by atoms with Crippen LogP contribution in [-0.4, -0.2) is 37.7 Å². The summed E-state index contributed by atoms with van der Waals surface area (Å²) in [5.74, 6) is 2.21. The first-order valence-electron chi connectivity index (χ1n) is 9.28. The SMILES string of the molecule is Cc1ccc([C@@H](c2sc3nc(C)nn3c2O)N2C[C@@H](C)C[C@H](C)C2)cc1. The summed E-state index contributed by atoms with van der Waals surface area (Å²) in [6.07, 6.45) is 1.26. The first-order valence-corrected chi connectivity index (χ1v) is 10.1. The molecule has 0 amide bonds. The molecule has 1 fully saturated rings. The molecule has 0 saturated carbocycles. The molecule has 3 aromatic rings. The summed E-state index contributed by atoms with van der Waals surface area (Å²) in [5, 5.41) is 15.2. The zero-order valence-corrected chi connectivity index (χ0v) is 16.6. The van der Waals surface area contributed by atoms with E-state index < -0.39 is 0 Å². The summed E-state index contributed by atoms with van der Waals surface area (Å²) < 4.78 is 1.58. The van der Waals surface area contributed by atoms with Gasteiger partial charge in [-0.1, -0.05) is 55.0 Å². The third-order valence-electron chi connectivity index (χ3n) is 5.21. The Hall–Kier alpha value is -1.92. The second-order valence-corrected chi connectivity index (χ2v) is 8.87. The molecule has 4 rings (SSSR count). The number of fused-ring (bicyclic) bond motifs is 1. The lowest BCUT2D eigenvalue weighted by Gasteiger charge is -2.40. The fraction of sp³-hybridized carbons (Fsp3) is 0.500. The Morgan fingerprint density at radius 2 is 1.77 bits per heavy atom. The van der Waals surface area contributed by atoms with E-state index in [1.54, 1.807) is 15.9 Å². The smallest absolute Gasteiger partial charge is 0.230 e. The fourth-order valence-corrected chi connectivity index (χ4v) is 5.39. The Morgan fingerprint density at radius 3 is 2.38 bits per heavy atom. The average Bonchev–Trinajstić information content (AvgIpc) is 3.07. The van der Waals surface area contributed by atoms with Gasteiger partial charge < -0.3 is 5.11 Å². The van der Waals surface area contributed by atoms with Crippen LogP contribution in [0.15, 0.2) is 24.3 Å². The molecule has 3 atom stereocenters. The molecule has 5 nitrogen and oxygen atoms in total. The van der Waals surface area contributed by atoms with Gasteiger partial charge in [0.2, 0.25) is 10.8 Å². The molecule has 138 valence electrons. The molecule has 0 bridgehead atoms. The van der Waals surface area contributed by atoms with E-state index in [1.807, 2.05) is 6.92 Å². The Balaban J connectivity index is 1.82. The minimum absolute atomic E-state index is 0.0367. The second-order valence-electron chi connectivity index (χ2n) is 7.86. The summed E-state index contributed by atoms with van der Waals surface area (Å²) >= 11 is 1.55. The van der Waals surface area contributed by atoms with Crippen LogP contribution in [0, 0.1) is 25.7 Å². The van der Waals surface area contributed by atoms with Crippen molar-refractivity contribution in [2.45, 2.75) is 40.2 Å². The van der Waals surface area contributed by atoms with E-state index in [9.17, 15) is 5.11 Å². The molecule has 1 aliphatic heterocycles. The predicted octanol–water partition coefficient (Wildman–Crippen LogP) is 4.18. The van der Waals surface area contributed by atoms with Crippen LogP contribution in [0.1, 0.15) is 48.1 Å². The van der Waals surface area contributed by atoms with Crippen LogP contribution in [0.4, 0.5) is 0 Å². The fourth-order valence-electron chi connectivity index (χ4n) is 4.22. The number of likely N-dealkylation sites (tertiary alicyclic amines) is 1. The number of aromatic nitrogens is 3. The number of hydrogen-bond acceptors (Lipinski definition) is 5. The number of thiazole rings is 1. The quantitative estimate of drug-likeness (QED) is 0.751. The molecule has 0 unspecified atom stereocenters. The molecule has 3 heterocycles. The van der Waals surface area contributed by atoms with Crippen molar-refractivity contribution in [1.29, 1.82) is 0 Å². The molecule has 0 spiro atoms. The van der Waals surface area contributed by atoms with Crippen molar-refractivity contribution in [3.05, 3.63) is 46.1 Å². The normalized spacial score (nSPS) is 22.8. The number of aromatic hydroxyl groups is 1. The van der Waals surface area contributed by atoms with Gasteiger partial charge in [0.25, 0.3) is 0 Å². The highest BCUT2D eigenvalue weighted by Crippen LogP contribution is 2.41. The third-order valence-corrected chi connectivity index (χ3v) is 6.28. The highest BCUT2D eigenvalue weighted by molar-refractivity contribution is 7.17. The molecular formula is C20H26N4OS. The summed E-state index contributed by atoms with van der Waals surface area (Å²) in [6, 6.07) is 8.71. The lowest BCUT2D eigenvalue weighted by Crippen LogP contribution is -2.41. The summed E-state index contributed by atoms with van der Waals surface area (Å²) in [7, 11) is 0. The Labute approximate surface area is 158 Å². The number of benzene rings is 1. The van der Waals surface area contributed by atoms with E-state index in [2.05, 4.69) is 60.0 Å². The van der Waals surface area contributed by atoms with Crippen LogP contribution < -0.4 is 0 Å². The van der Waals surface area contributed by atoms with Gasteiger partial charge in [0.15, 0.2) is 0 Å². The van der Waals surface area contributed by atoms with Crippen LogP contribution in [0.2, 0.25) is 0 Å². The molecule has 0 radical (unpaired) electrons. The van der Waals surface area contributed by atoms with Gasteiger partial charge in [-0.2, -0.15) is 4.52 Å². The molecule has 6 heteroatoms. The highest BCUT2D eigenvalue weighted by Gasteiger charge is 2.33. The molecule has 1 aromatic carbocycles. The van der Waals surface area contributed by atoms with E-state index in [-0.39, 0.29) is 11.9 Å². The van der Waals surface area contributed by atoms with Gasteiger partial charge in [-0.3, -0.25) is 4.90 Å². The minimum Gasteiger partial charge on any atom is -0.492 e. The Kier molecular flexibility index (Phi) is 4.49. The predicted molar refractivity (Wildman–Crippen MR) is 105 cm³/mol. The van der Waals surface area contributed by atoms with Crippen LogP contribution in [0.25, 0.3) is 4.96 Å². The van der Waals surface area contributed by atoms with Gasteiger partial charge in [0.05, 0.1) is 10.9 Å². The molecule has 1 saturated heterocycles. The number of piperidine rings is 1. The van der Waals surface area contributed by atoms with Gasteiger partial charge in [-0.05, 0) is 37.7 Å². The van der Waals surface area contributed by atoms with Crippen molar-refractivity contribution < 1.29 is 5.11 Å². The third kappa shape index (κ3) is 3.12. The first-order chi connectivity index (χ1) is 12.4. The Bertz CT molecular complexity index is 904. The van der Waals surface area contributed by atoms with E-state index >= 15 is 0 Å². The highest BCUT2D eigenvalue weighted by atomic mass is 32.1. The maximum absolute atomic E-state index is 10.9. The zero-order valence-electron chi connectivity index (χ0n) is 15.8. The number of rotatable bonds is 3. The van der Waals surface area contributed by atoms with E-state index in [0.717, 1.165) is 22.9 Å². The summed E-state index contributed by atoms with van der Waals surface area (Å²) in [4.78, 5) is 8.66. The number of hydrogen-bond donors (Lipinski definition) is 1. The lowest BCUT2D eigenvalue weighted by atomic mass is 9.89. The standard InChI is InChI=1S/C20H26N4OS/c1-12-5-7-16(8-6-12)17(23-10-13(2)9-14(3)11-23)18-19(25)24-20(26-18)21-15(4)22-24/h5-8,13-14,17,25H,9-11H2,1-4H3/t13-,14-,17-/m0/s1. The van der Waals surface area contributed by atoms with Crippen LogP contribution >= 0.6 is 11.3 Å². The van der Waals surface area contributed by atoms with E-state index in [4.69, 9.17) is 0 Å². The van der Waals surface area contributed by atoms with Crippen LogP contribution in [0.5, 0.6) is 5.88 Å². The van der Waals surface area contributed by atoms with Crippen molar-refractivity contribution in [1.82, 2.24) is 19.5 Å². The van der Waals surface area contributed by atoms with Crippen LogP contribution in [-0.2, 0) is 0 Å². The minimum atomic E-state index is 0.0367. The maximum Gasteiger partial charge on any atom is 0.230 e. The summed E-state index contributed by atoms with van der Waals surface area (Å²) in [6.45, 7) is 10.7. The first kappa shape index (κ1) is 17.5. The number of nitrogens with zero attached hydrogens (tertiary/aromatic N) is 4. The van der Waals surface area contributed by atoms with E-state index in [0.29, 0.717) is 17.7 Å². The molecule has 1 N–H and O–H groups in total. The zero-order chi connectivity index (χ0) is 18.4. The van der Waals surface area contributed by atoms with Crippen molar-refractivity contribution in [3.8, 4) is 5.88 Å². The maximum atomic E-state index is 10.9. The largest absolute Gasteiger partial charge is 0.492 e. The number of aryl methyl sites for hydroxylation is 2. The average molecular weight is 371 g/mol. The lowest BCUT2D eigenvalue weighted by molar-refractivity contribution is 0.112. The van der Waals surface area contributed by atoms with Crippen molar-refractivity contribution in [3.63, 3.8) is 0 Å². The van der Waals surface area contributed by atoms with E-state index in [1.165, 1.54) is 17.5 Å². The molecule has 2 aromatic heterocycles. The molecule has 26 heavy (non-hydrogen) atoms. The summed E-state index contributed by atoms with van der Waals surface area (Å²) in [5.41, 5.74) is 2.46. The molecule has 1 aliphatic rings. The molecular weight excluding hydrogens is 344 g/mol. The topological polar surface area (TPSA) is 53.7 Å². The van der Waals surface area contributed by atoms with Crippen molar-refractivity contribution in [2.24, 2.45) is 11.8 Å². The van der Waals surface area contributed by atoms with Crippen molar-refractivity contribution >= 4 is 16.3 Å².